The number of anilines is 1. The first-order valence-corrected chi connectivity index (χ1v) is 6.32. The molecule has 2 rings (SSSR count). The van der Waals surface area contributed by atoms with Gasteiger partial charge in [0.25, 0.3) is 0 Å². The van der Waals surface area contributed by atoms with Gasteiger partial charge in [0.2, 0.25) is 0 Å². The molecule has 2 aromatic heterocycles. The summed E-state index contributed by atoms with van der Waals surface area (Å²) in [7, 11) is 0. The van der Waals surface area contributed by atoms with Gasteiger partial charge in [-0.2, -0.15) is 0 Å². The largest absolute Gasteiger partial charge is 0.374 e. The van der Waals surface area contributed by atoms with Crippen LogP contribution in [-0.2, 0) is 0 Å². The maximum Gasteiger partial charge on any atom is 0.152 e. The van der Waals surface area contributed by atoms with Crippen molar-refractivity contribution in [1.29, 1.82) is 0 Å². The number of rotatable bonds is 3. The fourth-order valence-corrected chi connectivity index (χ4v) is 1.95. The smallest absolute Gasteiger partial charge is 0.152 e. The Morgan fingerprint density at radius 1 is 1.35 bits per heavy atom. The van der Waals surface area contributed by atoms with Crippen molar-refractivity contribution in [3.63, 3.8) is 0 Å². The van der Waals surface area contributed by atoms with Crippen molar-refractivity contribution in [2.75, 3.05) is 5.32 Å². The Labute approximate surface area is 113 Å². The summed E-state index contributed by atoms with van der Waals surface area (Å²) in [5.41, 5.74) is 1.75. The van der Waals surface area contributed by atoms with Crippen LogP contribution in [0.4, 0.5) is 5.69 Å². The average molecular weight is 313 g/mol. The lowest BCUT2D eigenvalue weighted by Gasteiger charge is -2.15. The van der Waals surface area contributed by atoms with Crippen LogP contribution in [0.3, 0.4) is 0 Å². The lowest BCUT2D eigenvalue weighted by molar-refractivity contribution is 0.838. The number of hydrogen-bond donors (Lipinski definition) is 1. The molecule has 2 aromatic rings. The molecule has 0 saturated heterocycles. The van der Waals surface area contributed by atoms with Crippen molar-refractivity contribution in [2.45, 2.75) is 13.0 Å². The molecule has 2 heterocycles. The number of halogens is 2. The van der Waals surface area contributed by atoms with Crippen LogP contribution in [0.2, 0.25) is 5.15 Å². The molecule has 0 saturated carbocycles. The van der Waals surface area contributed by atoms with E-state index in [1.807, 2.05) is 31.2 Å². The Bertz CT molecular complexity index is 504. The minimum Gasteiger partial charge on any atom is -0.374 e. The molecule has 1 N–H and O–H groups in total. The number of hydrogen-bond acceptors (Lipinski definition) is 3. The summed E-state index contributed by atoms with van der Waals surface area (Å²) in [6, 6.07) is 7.79. The van der Waals surface area contributed by atoms with Crippen LogP contribution < -0.4 is 5.32 Å². The third-order valence-electron chi connectivity index (χ3n) is 2.31. The quantitative estimate of drug-likeness (QED) is 0.868. The van der Waals surface area contributed by atoms with Gasteiger partial charge >= 0.3 is 0 Å². The topological polar surface area (TPSA) is 37.8 Å². The van der Waals surface area contributed by atoms with Crippen LogP contribution in [-0.4, -0.2) is 9.97 Å². The Morgan fingerprint density at radius 2 is 2.18 bits per heavy atom. The first-order chi connectivity index (χ1) is 8.16. The lowest BCUT2D eigenvalue weighted by atomic mass is 10.2. The predicted octanol–water partition coefficient (Wildman–Crippen LogP) is 4.07. The zero-order chi connectivity index (χ0) is 12.3. The van der Waals surface area contributed by atoms with E-state index in [-0.39, 0.29) is 6.04 Å². The third-order valence-corrected chi connectivity index (χ3v) is 3.04. The summed E-state index contributed by atoms with van der Waals surface area (Å²) in [6.07, 6.45) is 3.44. The molecule has 5 heteroatoms. The SMILES string of the molecule is CC(Nc1cc(Br)cnc1Cl)c1ccccn1. The van der Waals surface area contributed by atoms with Crippen LogP contribution in [0.15, 0.2) is 41.1 Å². The van der Waals surface area contributed by atoms with Crippen molar-refractivity contribution < 1.29 is 0 Å². The molecule has 0 aromatic carbocycles. The minimum absolute atomic E-state index is 0.0739. The van der Waals surface area contributed by atoms with Gasteiger partial charge < -0.3 is 5.32 Å². The molecule has 1 atom stereocenters. The number of nitrogens with zero attached hydrogens (tertiary/aromatic N) is 2. The highest BCUT2D eigenvalue weighted by Crippen LogP contribution is 2.26. The molecule has 1 unspecified atom stereocenters. The van der Waals surface area contributed by atoms with Gasteiger partial charge in [0, 0.05) is 16.9 Å². The highest BCUT2D eigenvalue weighted by atomic mass is 79.9. The van der Waals surface area contributed by atoms with E-state index in [0.717, 1.165) is 15.9 Å². The van der Waals surface area contributed by atoms with Gasteiger partial charge in [-0.05, 0) is 41.1 Å². The van der Waals surface area contributed by atoms with Crippen molar-refractivity contribution in [3.8, 4) is 0 Å². The molecule has 88 valence electrons. The maximum atomic E-state index is 6.01. The Kier molecular flexibility index (Phi) is 3.97. The van der Waals surface area contributed by atoms with E-state index >= 15 is 0 Å². The van der Waals surface area contributed by atoms with Crippen molar-refractivity contribution in [1.82, 2.24) is 9.97 Å². The minimum atomic E-state index is 0.0739. The molecule has 0 amide bonds. The Morgan fingerprint density at radius 3 is 2.88 bits per heavy atom. The van der Waals surface area contributed by atoms with Gasteiger partial charge in [-0.25, -0.2) is 4.98 Å². The number of nitrogens with one attached hydrogen (secondary N) is 1. The zero-order valence-corrected chi connectivity index (χ0v) is 11.5. The first kappa shape index (κ1) is 12.3. The summed E-state index contributed by atoms with van der Waals surface area (Å²) >= 11 is 9.38. The van der Waals surface area contributed by atoms with E-state index in [1.165, 1.54) is 0 Å². The number of aromatic nitrogens is 2. The highest BCUT2D eigenvalue weighted by molar-refractivity contribution is 9.10. The van der Waals surface area contributed by atoms with E-state index in [2.05, 4.69) is 31.2 Å². The van der Waals surface area contributed by atoms with E-state index < -0.39 is 0 Å². The van der Waals surface area contributed by atoms with Gasteiger partial charge in [-0.3, -0.25) is 4.98 Å². The molecule has 17 heavy (non-hydrogen) atoms. The van der Waals surface area contributed by atoms with Gasteiger partial charge in [-0.15, -0.1) is 0 Å². The van der Waals surface area contributed by atoms with Crippen molar-refractivity contribution in [2.24, 2.45) is 0 Å². The standard InChI is InChI=1S/C12H11BrClN3/c1-8(10-4-2-3-5-15-10)17-11-6-9(13)7-16-12(11)14/h2-8,17H,1H3. The van der Waals surface area contributed by atoms with E-state index in [1.54, 1.807) is 12.4 Å². The van der Waals surface area contributed by atoms with Gasteiger partial charge in [0.05, 0.1) is 17.4 Å². The van der Waals surface area contributed by atoms with Crippen LogP contribution in [0.5, 0.6) is 0 Å². The predicted molar refractivity (Wildman–Crippen MR) is 73.2 cm³/mol. The number of pyridine rings is 2. The van der Waals surface area contributed by atoms with E-state index in [4.69, 9.17) is 11.6 Å². The summed E-state index contributed by atoms with van der Waals surface area (Å²) in [4.78, 5) is 8.35. The fraction of sp³-hybridized carbons (Fsp3) is 0.167. The Balaban J connectivity index is 2.18. The van der Waals surface area contributed by atoms with Gasteiger partial charge in [-0.1, -0.05) is 17.7 Å². The fourth-order valence-electron chi connectivity index (χ4n) is 1.46. The molecule has 0 spiro atoms. The summed E-state index contributed by atoms with van der Waals surface area (Å²) in [5.74, 6) is 0. The van der Waals surface area contributed by atoms with Crippen LogP contribution in [0.25, 0.3) is 0 Å². The second-order valence-corrected chi connectivity index (χ2v) is 4.89. The maximum absolute atomic E-state index is 6.01. The zero-order valence-electron chi connectivity index (χ0n) is 9.19. The molecular weight excluding hydrogens is 302 g/mol. The molecule has 0 fully saturated rings. The molecule has 0 radical (unpaired) electrons. The summed E-state index contributed by atoms with van der Waals surface area (Å²) in [6.45, 7) is 2.03. The van der Waals surface area contributed by atoms with Crippen molar-refractivity contribution in [3.05, 3.63) is 52.0 Å². The monoisotopic (exact) mass is 311 g/mol. The summed E-state index contributed by atoms with van der Waals surface area (Å²) in [5, 5.41) is 3.73. The van der Waals surface area contributed by atoms with Gasteiger partial charge in [0.1, 0.15) is 0 Å². The summed E-state index contributed by atoms with van der Waals surface area (Å²) < 4.78 is 0.887. The highest BCUT2D eigenvalue weighted by Gasteiger charge is 2.09. The first-order valence-electron chi connectivity index (χ1n) is 5.15. The average Bonchev–Trinajstić information content (AvgIpc) is 2.35. The van der Waals surface area contributed by atoms with Crippen LogP contribution in [0.1, 0.15) is 18.7 Å². The van der Waals surface area contributed by atoms with Crippen molar-refractivity contribution >= 4 is 33.2 Å². The van der Waals surface area contributed by atoms with Gasteiger partial charge in [0.15, 0.2) is 5.15 Å². The molecule has 3 nitrogen and oxygen atoms in total. The van der Waals surface area contributed by atoms with Crippen LogP contribution in [0, 0.1) is 0 Å². The molecule has 0 bridgehead atoms. The molecule has 0 aliphatic carbocycles. The lowest BCUT2D eigenvalue weighted by Crippen LogP contribution is -2.08. The Hall–Kier alpha value is -1.13. The third kappa shape index (κ3) is 3.17. The van der Waals surface area contributed by atoms with Crippen LogP contribution >= 0.6 is 27.5 Å². The molecule has 0 aliphatic heterocycles. The molecular formula is C12H11BrClN3. The second kappa shape index (κ2) is 5.47. The van der Waals surface area contributed by atoms with E-state index in [9.17, 15) is 0 Å². The molecule has 0 aliphatic rings. The normalized spacial score (nSPS) is 12.2. The van der Waals surface area contributed by atoms with E-state index in [0.29, 0.717) is 5.15 Å². The second-order valence-electron chi connectivity index (χ2n) is 3.61.